The Morgan fingerprint density at radius 2 is 2.50 bits per heavy atom. The number of rotatable bonds is 4. The van der Waals surface area contributed by atoms with E-state index in [2.05, 4.69) is 4.98 Å². The van der Waals surface area contributed by atoms with E-state index in [0.29, 0.717) is 13.2 Å². The Bertz CT molecular complexity index is 277. The van der Waals surface area contributed by atoms with Gasteiger partial charge in [0.2, 0.25) is 0 Å². The molecule has 0 saturated carbocycles. The van der Waals surface area contributed by atoms with Crippen LogP contribution in [0.5, 0.6) is 0 Å². The van der Waals surface area contributed by atoms with Gasteiger partial charge >= 0.3 is 5.69 Å². The summed E-state index contributed by atoms with van der Waals surface area (Å²) in [6.07, 6.45) is 3.36. The standard InChI is InChI=1S/C8H14N2O2/c1-3-12-6-7(2)10-5-4-9-8(10)11/h4-5,7H,3,6H2,1-2H3,(H,9,11). The molecule has 1 heterocycles. The predicted octanol–water partition coefficient (Wildman–Crippen LogP) is 0.774. The highest BCUT2D eigenvalue weighted by Crippen LogP contribution is 2.00. The molecule has 68 valence electrons. The van der Waals surface area contributed by atoms with Crippen LogP contribution in [0.1, 0.15) is 19.9 Å². The van der Waals surface area contributed by atoms with Crippen LogP contribution in [-0.2, 0) is 4.74 Å². The average Bonchev–Trinajstić information content (AvgIpc) is 2.47. The topological polar surface area (TPSA) is 47.0 Å². The summed E-state index contributed by atoms with van der Waals surface area (Å²) in [5, 5.41) is 0. The minimum absolute atomic E-state index is 0.0813. The van der Waals surface area contributed by atoms with Crippen molar-refractivity contribution in [3.8, 4) is 0 Å². The van der Waals surface area contributed by atoms with Crippen LogP contribution in [0.15, 0.2) is 17.2 Å². The van der Waals surface area contributed by atoms with Gasteiger partial charge in [0.15, 0.2) is 0 Å². The number of imidazole rings is 1. The van der Waals surface area contributed by atoms with Gasteiger partial charge in [-0.2, -0.15) is 0 Å². The van der Waals surface area contributed by atoms with Gasteiger partial charge in [-0.1, -0.05) is 0 Å². The van der Waals surface area contributed by atoms with E-state index in [1.807, 2.05) is 13.8 Å². The summed E-state index contributed by atoms with van der Waals surface area (Å²) in [4.78, 5) is 13.7. The number of nitrogens with zero attached hydrogens (tertiary/aromatic N) is 1. The second-order valence-corrected chi connectivity index (χ2v) is 2.68. The Hall–Kier alpha value is -1.03. The fraction of sp³-hybridized carbons (Fsp3) is 0.625. The lowest BCUT2D eigenvalue weighted by molar-refractivity contribution is 0.118. The zero-order valence-corrected chi connectivity index (χ0v) is 7.41. The molecule has 0 radical (unpaired) electrons. The third-order valence-electron chi connectivity index (χ3n) is 1.71. The van der Waals surface area contributed by atoms with Crippen LogP contribution in [-0.4, -0.2) is 22.8 Å². The summed E-state index contributed by atoms with van der Waals surface area (Å²) in [6, 6.07) is 0.101. The summed E-state index contributed by atoms with van der Waals surface area (Å²) in [6.45, 7) is 5.15. The van der Waals surface area contributed by atoms with Crippen LogP contribution in [0.2, 0.25) is 0 Å². The van der Waals surface area contributed by atoms with E-state index in [1.165, 1.54) is 0 Å². The van der Waals surface area contributed by atoms with Gasteiger partial charge in [0.1, 0.15) is 0 Å². The van der Waals surface area contributed by atoms with Gasteiger partial charge in [-0.3, -0.25) is 4.57 Å². The van der Waals surface area contributed by atoms with Gasteiger partial charge in [-0.25, -0.2) is 4.79 Å². The van der Waals surface area contributed by atoms with Crippen LogP contribution in [0.3, 0.4) is 0 Å². The normalized spacial score (nSPS) is 13.2. The Kier molecular flexibility index (Phi) is 3.10. The molecule has 0 fully saturated rings. The molecule has 0 aliphatic rings. The molecule has 1 atom stereocenters. The first-order chi connectivity index (χ1) is 5.75. The fourth-order valence-corrected chi connectivity index (χ4v) is 1.05. The summed E-state index contributed by atoms with van der Waals surface area (Å²) < 4.78 is 6.82. The number of ether oxygens (including phenoxy) is 1. The van der Waals surface area contributed by atoms with Crippen molar-refractivity contribution in [2.45, 2.75) is 19.9 Å². The van der Waals surface area contributed by atoms with Crippen LogP contribution >= 0.6 is 0 Å². The first kappa shape index (κ1) is 9.06. The van der Waals surface area contributed by atoms with Gasteiger partial charge in [0, 0.05) is 19.0 Å². The monoisotopic (exact) mass is 170 g/mol. The molecular formula is C8H14N2O2. The van der Waals surface area contributed by atoms with E-state index < -0.39 is 0 Å². The number of H-pyrrole nitrogens is 1. The number of hydrogen-bond acceptors (Lipinski definition) is 2. The highest BCUT2D eigenvalue weighted by atomic mass is 16.5. The molecule has 12 heavy (non-hydrogen) atoms. The summed E-state index contributed by atoms with van der Waals surface area (Å²) in [7, 11) is 0. The van der Waals surface area contributed by atoms with E-state index in [-0.39, 0.29) is 11.7 Å². The molecule has 4 heteroatoms. The Morgan fingerprint density at radius 1 is 1.75 bits per heavy atom. The van der Waals surface area contributed by atoms with E-state index in [0.717, 1.165) is 0 Å². The Morgan fingerprint density at radius 3 is 3.00 bits per heavy atom. The van der Waals surface area contributed by atoms with E-state index in [9.17, 15) is 4.79 Å². The van der Waals surface area contributed by atoms with E-state index >= 15 is 0 Å². The van der Waals surface area contributed by atoms with Crippen molar-refractivity contribution in [1.82, 2.24) is 9.55 Å². The van der Waals surface area contributed by atoms with Crippen molar-refractivity contribution in [2.75, 3.05) is 13.2 Å². The van der Waals surface area contributed by atoms with Gasteiger partial charge in [-0.15, -0.1) is 0 Å². The lowest BCUT2D eigenvalue weighted by Gasteiger charge is -2.10. The molecule has 0 aliphatic heterocycles. The molecule has 1 aromatic heterocycles. The second-order valence-electron chi connectivity index (χ2n) is 2.68. The van der Waals surface area contributed by atoms with Gasteiger partial charge in [0.25, 0.3) is 0 Å². The summed E-state index contributed by atoms with van der Waals surface area (Å²) in [5.41, 5.74) is -0.0813. The Balaban J connectivity index is 2.59. The summed E-state index contributed by atoms with van der Waals surface area (Å²) in [5.74, 6) is 0. The molecule has 0 amide bonds. The van der Waals surface area contributed by atoms with Crippen LogP contribution in [0.4, 0.5) is 0 Å². The van der Waals surface area contributed by atoms with Gasteiger partial charge in [-0.05, 0) is 13.8 Å². The fourth-order valence-electron chi connectivity index (χ4n) is 1.05. The minimum Gasteiger partial charge on any atom is -0.380 e. The van der Waals surface area contributed by atoms with Crippen molar-refractivity contribution in [3.05, 3.63) is 22.9 Å². The predicted molar refractivity (Wildman–Crippen MR) is 46.3 cm³/mol. The van der Waals surface area contributed by atoms with Crippen molar-refractivity contribution in [1.29, 1.82) is 0 Å². The van der Waals surface area contributed by atoms with Crippen molar-refractivity contribution < 1.29 is 4.74 Å². The largest absolute Gasteiger partial charge is 0.380 e. The summed E-state index contributed by atoms with van der Waals surface area (Å²) >= 11 is 0. The maximum absolute atomic E-state index is 11.1. The van der Waals surface area contributed by atoms with Gasteiger partial charge < -0.3 is 9.72 Å². The lowest BCUT2D eigenvalue weighted by atomic mass is 10.3. The van der Waals surface area contributed by atoms with Gasteiger partial charge in [0.05, 0.1) is 12.6 Å². The smallest absolute Gasteiger partial charge is 0.325 e. The maximum atomic E-state index is 11.1. The molecule has 0 spiro atoms. The second kappa shape index (κ2) is 4.11. The maximum Gasteiger partial charge on any atom is 0.325 e. The third-order valence-corrected chi connectivity index (χ3v) is 1.71. The third kappa shape index (κ3) is 1.98. The highest BCUT2D eigenvalue weighted by Gasteiger charge is 2.05. The average molecular weight is 170 g/mol. The first-order valence-corrected chi connectivity index (χ1v) is 4.09. The van der Waals surface area contributed by atoms with E-state index in [1.54, 1.807) is 17.0 Å². The van der Waals surface area contributed by atoms with E-state index in [4.69, 9.17) is 4.74 Å². The van der Waals surface area contributed by atoms with Crippen LogP contribution in [0, 0.1) is 0 Å². The number of nitrogens with one attached hydrogen (secondary N) is 1. The van der Waals surface area contributed by atoms with Crippen LogP contribution in [0.25, 0.3) is 0 Å². The molecule has 1 rings (SSSR count). The number of hydrogen-bond donors (Lipinski definition) is 1. The molecule has 4 nitrogen and oxygen atoms in total. The molecule has 0 saturated heterocycles. The first-order valence-electron chi connectivity index (χ1n) is 4.09. The molecule has 0 aliphatic carbocycles. The zero-order chi connectivity index (χ0) is 8.97. The van der Waals surface area contributed by atoms with Crippen LogP contribution < -0.4 is 5.69 Å². The molecule has 1 aromatic rings. The number of aromatic amines is 1. The van der Waals surface area contributed by atoms with Crippen molar-refractivity contribution in [2.24, 2.45) is 0 Å². The lowest BCUT2D eigenvalue weighted by Crippen LogP contribution is -2.23. The highest BCUT2D eigenvalue weighted by molar-refractivity contribution is 4.79. The van der Waals surface area contributed by atoms with Crippen molar-refractivity contribution >= 4 is 0 Å². The minimum atomic E-state index is -0.0813. The quantitative estimate of drug-likeness (QED) is 0.725. The molecule has 1 N–H and O–H groups in total. The van der Waals surface area contributed by atoms with Crippen molar-refractivity contribution in [3.63, 3.8) is 0 Å². The molecule has 0 aromatic carbocycles. The Labute approximate surface area is 71.2 Å². The SMILES string of the molecule is CCOCC(C)n1cc[nH]c1=O. The number of aromatic nitrogens is 2. The zero-order valence-electron chi connectivity index (χ0n) is 7.41. The molecule has 1 unspecified atom stereocenters. The molecular weight excluding hydrogens is 156 g/mol. The molecule has 0 bridgehead atoms.